The number of nitrogens with one attached hydrogen (secondary N) is 1. The number of carbonyl (C=O) groups is 1. The van der Waals surface area contributed by atoms with E-state index in [9.17, 15) is 45.6 Å². The van der Waals surface area contributed by atoms with E-state index in [1.807, 2.05) is 6.08 Å². The molecule has 12 atom stereocenters. The summed E-state index contributed by atoms with van der Waals surface area (Å²) in [5.74, 6) is -0.261. The molecule has 0 radical (unpaired) electrons. The van der Waals surface area contributed by atoms with E-state index in [1.54, 1.807) is 6.08 Å². The Bertz CT molecular complexity index is 1150. The summed E-state index contributed by atoms with van der Waals surface area (Å²) in [7, 11) is 0. The van der Waals surface area contributed by atoms with Crippen molar-refractivity contribution in [2.75, 3.05) is 19.8 Å². The first-order chi connectivity index (χ1) is 29.1. The van der Waals surface area contributed by atoms with E-state index < -0.39 is 86.8 Å². The number of ether oxygens (including phenoxy) is 4. The lowest BCUT2D eigenvalue weighted by Crippen LogP contribution is -2.65. The van der Waals surface area contributed by atoms with Crippen LogP contribution < -0.4 is 5.32 Å². The fraction of sp³-hybridized carbons (Fsp3) is 0.848. The second kappa shape index (κ2) is 33.7. The SMILES string of the molecule is CCCCCCCCCC/C=C/CC/C=C/CC/C=C/C(O)C(COC1OC(CO)C(OC2OC(CO)C(O)C(O)C2O)C(O)C1O)NC(=O)CCCCCCCCCC. The van der Waals surface area contributed by atoms with Crippen LogP contribution in [0.3, 0.4) is 0 Å². The predicted molar refractivity (Wildman–Crippen MR) is 231 cm³/mol. The van der Waals surface area contributed by atoms with Gasteiger partial charge < -0.3 is 65.1 Å². The van der Waals surface area contributed by atoms with Crippen LogP contribution in [0.25, 0.3) is 0 Å². The van der Waals surface area contributed by atoms with Crippen molar-refractivity contribution in [1.29, 1.82) is 0 Å². The Hall–Kier alpha value is -1.79. The highest BCUT2D eigenvalue weighted by Crippen LogP contribution is 2.30. The molecule has 2 rings (SSSR count). The lowest BCUT2D eigenvalue weighted by molar-refractivity contribution is -0.359. The van der Waals surface area contributed by atoms with E-state index in [1.165, 1.54) is 77.0 Å². The summed E-state index contributed by atoms with van der Waals surface area (Å²) in [6.07, 6.45) is 19.3. The summed E-state index contributed by atoms with van der Waals surface area (Å²) in [5, 5.41) is 86.3. The van der Waals surface area contributed by atoms with Crippen molar-refractivity contribution in [2.24, 2.45) is 0 Å². The van der Waals surface area contributed by atoms with Crippen molar-refractivity contribution in [1.82, 2.24) is 5.32 Å². The molecular formula is C46H83NO13. The second-order valence-electron chi connectivity index (χ2n) is 16.5. The summed E-state index contributed by atoms with van der Waals surface area (Å²) in [4.78, 5) is 13.0. The molecule has 2 aliphatic rings. The lowest BCUT2D eigenvalue weighted by Gasteiger charge is -2.46. The van der Waals surface area contributed by atoms with Crippen LogP contribution in [0.4, 0.5) is 0 Å². The van der Waals surface area contributed by atoms with Crippen LogP contribution in [0.15, 0.2) is 36.5 Å². The molecule has 2 aliphatic heterocycles. The Balaban J connectivity index is 1.89. The van der Waals surface area contributed by atoms with Crippen molar-refractivity contribution < 1.29 is 64.6 Å². The second-order valence-corrected chi connectivity index (χ2v) is 16.5. The van der Waals surface area contributed by atoms with Crippen molar-refractivity contribution in [2.45, 2.75) is 229 Å². The van der Waals surface area contributed by atoms with Crippen LogP contribution in [-0.4, -0.2) is 140 Å². The molecule has 2 saturated heterocycles. The summed E-state index contributed by atoms with van der Waals surface area (Å²) in [6, 6.07) is -0.931. The van der Waals surface area contributed by atoms with Crippen LogP contribution in [0.1, 0.15) is 155 Å². The molecule has 60 heavy (non-hydrogen) atoms. The Morgan fingerprint density at radius 2 is 1.07 bits per heavy atom. The van der Waals surface area contributed by atoms with Crippen LogP contribution in [0.2, 0.25) is 0 Å². The number of hydrogen-bond acceptors (Lipinski definition) is 13. The maximum Gasteiger partial charge on any atom is 0.220 e. The molecule has 350 valence electrons. The number of aliphatic hydroxyl groups is 8. The van der Waals surface area contributed by atoms with E-state index in [4.69, 9.17) is 18.9 Å². The molecule has 1 amide bonds. The number of hydrogen-bond donors (Lipinski definition) is 9. The Morgan fingerprint density at radius 3 is 1.63 bits per heavy atom. The monoisotopic (exact) mass is 858 g/mol. The van der Waals surface area contributed by atoms with Gasteiger partial charge in [-0.3, -0.25) is 4.79 Å². The van der Waals surface area contributed by atoms with Crippen LogP contribution >= 0.6 is 0 Å². The Kier molecular flexibility index (Phi) is 30.5. The molecule has 2 heterocycles. The van der Waals surface area contributed by atoms with E-state index in [0.29, 0.717) is 12.8 Å². The molecule has 0 aliphatic carbocycles. The van der Waals surface area contributed by atoms with Crippen LogP contribution in [-0.2, 0) is 23.7 Å². The van der Waals surface area contributed by atoms with Gasteiger partial charge in [0.25, 0.3) is 0 Å². The molecule has 9 N–H and O–H groups in total. The Morgan fingerprint density at radius 1 is 0.583 bits per heavy atom. The molecule has 0 aromatic carbocycles. The molecule has 12 unspecified atom stereocenters. The van der Waals surface area contributed by atoms with Gasteiger partial charge in [0.2, 0.25) is 5.91 Å². The highest BCUT2D eigenvalue weighted by atomic mass is 16.7. The molecule has 0 spiro atoms. The number of allylic oxidation sites excluding steroid dienone is 5. The van der Waals surface area contributed by atoms with Crippen LogP contribution in [0, 0.1) is 0 Å². The van der Waals surface area contributed by atoms with E-state index in [-0.39, 0.29) is 18.9 Å². The van der Waals surface area contributed by atoms with Gasteiger partial charge in [-0.05, 0) is 44.9 Å². The van der Waals surface area contributed by atoms with Gasteiger partial charge in [0.05, 0.1) is 32.0 Å². The third-order valence-corrected chi connectivity index (χ3v) is 11.3. The third kappa shape index (κ3) is 21.5. The molecule has 14 nitrogen and oxygen atoms in total. The predicted octanol–water partition coefficient (Wildman–Crippen LogP) is 4.76. The quantitative estimate of drug-likeness (QED) is 0.0315. The Labute approximate surface area is 360 Å². The molecular weight excluding hydrogens is 774 g/mol. The highest BCUT2D eigenvalue weighted by Gasteiger charge is 2.50. The standard InChI is InChI=1S/C46H83NO13/c1-3-5-7-9-11-13-14-15-16-17-18-19-20-21-22-23-25-27-29-35(50)34(47-38(51)30-28-26-24-12-10-8-6-4-2)33-57-45-43(56)41(54)44(37(32-49)59-45)60-46-42(55)40(53)39(52)36(31-48)58-46/h17-18,21-22,27,29,34-37,39-46,48-50,52-56H,3-16,19-20,23-26,28,30-33H2,1-2H3,(H,47,51)/b18-17+,22-21+,29-27+. The van der Waals surface area contributed by atoms with E-state index in [2.05, 4.69) is 43.5 Å². The van der Waals surface area contributed by atoms with E-state index >= 15 is 0 Å². The molecule has 14 heteroatoms. The molecule has 0 aromatic rings. The zero-order valence-electron chi connectivity index (χ0n) is 36.7. The highest BCUT2D eigenvalue weighted by molar-refractivity contribution is 5.76. The van der Waals surface area contributed by atoms with Gasteiger partial charge in [-0.25, -0.2) is 0 Å². The number of carbonyl (C=O) groups excluding carboxylic acids is 1. The zero-order valence-corrected chi connectivity index (χ0v) is 36.7. The van der Waals surface area contributed by atoms with Crippen molar-refractivity contribution >= 4 is 5.91 Å². The summed E-state index contributed by atoms with van der Waals surface area (Å²) >= 11 is 0. The maximum absolute atomic E-state index is 13.0. The maximum atomic E-state index is 13.0. The van der Waals surface area contributed by atoms with E-state index in [0.717, 1.165) is 44.9 Å². The zero-order chi connectivity index (χ0) is 44.0. The average molecular weight is 858 g/mol. The summed E-state index contributed by atoms with van der Waals surface area (Å²) in [5.41, 5.74) is 0. The number of unbranched alkanes of at least 4 members (excludes halogenated alkanes) is 17. The normalized spacial score (nSPS) is 28.6. The first kappa shape index (κ1) is 54.3. The minimum atomic E-state index is -1.79. The minimum Gasteiger partial charge on any atom is -0.394 e. The number of rotatable bonds is 34. The minimum absolute atomic E-state index is 0.261. The number of amides is 1. The lowest BCUT2D eigenvalue weighted by atomic mass is 9.97. The van der Waals surface area contributed by atoms with Gasteiger partial charge in [0.1, 0.15) is 48.8 Å². The summed E-state index contributed by atoms with van der Waals surface area (Å²) < 4.78 is 22.6. The first-order valence-electron chi connectivity index (χ1n) is 23.2. The average Bonchev–Trinajstić information content (AvgIpc) is 3.24. The third-order valence-electron chi connectivity index (χ3n) is 11.3. The molecule has 0 saturated carbocycles. The topological polar surface area (TPSA) is 228 Å². The van der Waals surface area contributed by atoms with Gasteiger partial charge >= 0.3 is 0 Å². The van der Waals surface area contributed by atoms with Gasteiger partial charge in [-0.2, -0.15) is 0 Å². The summed E-state index contributed by atoms with van der Waals surface area (Å²) in [6.45, 7) is 2.69. The fourth-order valence-electron chi connectivity index (χ4n) is 7.44. The fourth-order valence-corrected chi connectivity index (χ4v) is 7.44. The van der Waals surface area contributed by atoms with Gasteiger partial charge in [0.15, 0.2) is 12.6 Å². The van der Waals surface area contributed by atoms with Crippen molar-refractivity contribution in [3.8, 4) is 0 Å². The first-order valence-corrected chi connectivity index (χ1v) is 23.2. The smallest absolute Gasteiger partial charge is 0.220 e. The van der Waals surface area contributed by atoms with Crippen LogP contribution in [0.5, 0.6) is 0 Å². The number of aliphatic hydroxyl groups excluding tert-OH is 8. The molecule has 0 aromatic heterocycles. The largest absolute Gasteiger partial charge is 0.394 e. The van der Waals surface area contributed by atoms with Crippen molar-refractivity contribution in [3.63, 3.8) is 0 Å². The molecule has 2 fully saturated rings. The van der Waals surface area contributed by atoms with Gasteiger partial charge in [0, 0.05) is 6.42 Å². The van der Waals surface area contributed by atoms with Gasteiger partial charge in [-0.15, -0.1) is 0 Å². The molecule has 0 bridgehead atoms. The van der Waals surface area contributed by atoms with Crippen molar-refractivity contribution in [3.05, 3.63) is 36.5 Å². The van der Waals surface area contributed by atoms with Gasteiger partial charge in [-0.1, -0.05) is 140 Å².